The molecule has 0 bridgehead atoms. The predicted molar refractivity (Wildman–Crippen MR) is 71.3 cm³/mol. The van der Waals surface area contributed by atoms with Crippen LogP contribution in [0.3, 0.4) is 0 Å². The van der Waals surface area contributed by atoms with Crippen molar-refractivity contribution in [2.75, 3.05) is 7.05 Å². The number of pyridine rings is 1. The van der Waals surface area contributed by atoms with Gasteiger partial charge in [0.15, 0.2) is 0 Å². The quantitative estimate of drug-likeness (QED) is 0.918. The van der Waals surface area contributed by atoms with Crippen molar-refractivity contribution in [3.63, 3.8) is 0 Å². The Kier molecular flexibility index (Phi) is 3.94. The van der Waals surface area contributed by atoms with Gasteiger partial charge in [-0.15, -0.1) is 0 Å². The molecule has 1 atom stereocenters. The first-order chi connectivity index (χ1) is 8.63. The van der Waals surface area contributed by atoms with Crippen LogP contribution in [0.25, 0.3) is 0 Å². The molecule has 0 saturated carbocycles. The van der Waals surface area contributed by atoms with Crippen molar-refractivity contribution < 1.29 is 4.39 Å². The second-order valence-corrected chi connectivity index (χ2v) is 4.50. The van der Waals surface area contributed by atoms with Crippen LogP contribution in [-0.2, 0) is 0 Å². The van der Waals surface area contributed by atoms with Crippen LogP contribution in [0.2, 0.25) is 5.02 Å². The van der Waals surface area contributed by atoms with E-state index in [2.05, 4.69) is 10.3 Å². The number of rotatable bonds is 3. The van der Waals surface area contributed by atoms with Crippen LogP contribution in [0.5, 0.6) is 0 Å². The minimum atomic E-state index is -0.238. The van der Waals surface area contributed by atoms with Crippen molar-refractivity contribution >= 4 is 11.6 Å². The first-order valence-electron chi connectivity index (χ1n) is 5.67. The van der Waals surface area contributed by atoms with Crippen LogP contribution in [-0.4, -0.2) is 12.0 Å². The number of halogens is 2. The third-order valence-corrected chi connectivity index (χ3v) is 3.21. The Morgan fingerprint density at radius 3 is 2.72 bits per heavy atom. The number of aromatic nitrogens is 1. The lowest BCUT2D eigenvalue weighted by molar-refractivity contribution is 0.619. The lowest BCUT2D eigenvalue weighted by Gasteiger charge is -2.19. The molecule has 1 aromatic heterocycles. The molecule has 1 N–H and O–H groups in total. The van der Waals surface area contributed by atoms with Crippen LogP contribution in [0.1, 0.15) is 22.9 Å². The lowest BCUT2D eigenvalue weighted by atomic mass is 9.98. The maximum atomic E-state index is 13.1. The van der Waals surface area contributed by atoms with E-state index in [1.54, 1.807) is 24.4 Å². The summed E-state index contributed by atoms with van der Waals surface area (Å²) in [6.07, 6.45) is 1.70. The Labute approximate surface area is 111 Å². The Balaban J connectivity index is 2.49. The van der Waals surface area contributed by atoms with Crippen molar-refractivity contribution in [3.8, 4) is 0 Å². The van der Waals surface area contributed by atoms with Crippen LogP contribution >= 0.6 is 11.6 Å². The number of nitrogens with one attached hydrogen (secondary N) is 1. The average Bonchev–Trinajstić information content (AvgIpc) is 2.34. The minimum Gasteiger partial charge on any atom is -0.308 e. The second kappa shape index (κ2) is 5.46. The zero-order valence-corrected chi connectivity index (χ0v) is 11.0. The lowest BCUT2D eigenvalue weighted by Crippen LogP contribution is -2.20. The molecule has 0 spiro atoms. The van der Waals surface area contributed by atoms with E-state index in [9.17, 15) is 4.39 Å². The predicted octanol–water partition coefficient (Wildman–Crippen LogP) is 3.49. The Morgan fingerprint density at radius 2 is 2.11 bits per heavy atom. The van der Waals surface area contributed by atoms with Crippen molar-refractivity contribution in [1.29, 1.82) is 0 Å². The van der Waals surface area contributed by atoms with Gasteiger partial charge in [0.05, 0.1) is 16.8 Å². The van der Waals surface area contributed by atoms with Gasteiger partial charge >= 0.3 is 0 Å². The molecule has 2 nitrogen and oxygen atoms in total. The molecular formula is C14H14ClFN2. The molecule has 94 valence electrons. The molecule has 0 aliphatic rings. The van der Waals surface area contributed by atoms with Crippen LogP contribution in [0, 0.1) is 12.7 Å². The second-order valence-electron chi connectivity index (χ2n) is 4.09. The van der Waals surface area contributed by atoms with Gasteiger partial charge in [-0.25, -0.2) is 4.39 Å². The van der Waals surface area contributed by atoms with Gasteiger partial charge in [-0.2, -0.15) is 0 Å². The molecule has 0 amide bonds. The van der Waals surface area contributed by atoms with Crippen LogP contribution in [0.15, 0.2) is 36.5 Å². The summed E-state index contributed by atoms with van der Waals surface area (Å²) in [7, 11) is 1.83. The van der Waals surface area contributed by atoms with Gasteiger partial charge in [0, 0.05) is 6.20 Å². The summed E-state index contributed by atoms with van der Waals surface area (Å²) in [5.74, 6) is -0.238. The zero-order chi connectivity index (χ0) is 13.1. The molecule has 0 aliphatic carbocycles. The maximum Gasteiger partial charge on any atom is 0.123 e. The SMILES string of the molecule is CNC(c1ccc(F)cc1C)c1ncccc1Cl. The minimum absolute atomic E-state index is 0.140. The zero-order valence-electron chi connectivity index (χ0n) is 10.2. The smallest absolute Gasteiger partial charge is 0.123 e. The highest BCUT2D eigenvalue weighted by Gasteiger charge is 2.18. The highest BCUT2D eigenvalue weighted by atomic mass is 35.5. The first-order valence-corrected chi connectivity index (χ1v) is 6.05. The van der Waals surface area contributed by atoms with Crippen LogP contribution in [0.4, 0.5) is 4.39 Å². The molecule has 0 radical (unpaired) electrons. The Morgan fingerprint density at radius 1 is 1.33 bits per heavy atom. The summed E-state index contributed by atoms with van der Waals surface area (Å²) in [5, 5.41) is 3.76. The molecule has 0 fully saturated rings. The van der Waals surface area contributed by atoms with Gasteiger partial charge in [0.25, 0.3) is 0 Å². The largest absolute Gasteiger partial charge is 0.308 e. The van der Waals surface area contributed by atoms with Crippen molar-refractivity contribution in [2.24, 2.45) is 0 Å². The number of nitrogens with zero attached hydrogens (tertiary/aromatic N) is 1. The van der Waals surface area contributed by atoms with E-state index < -0.39 is 0 Å². The molecular weight excluding hydrogens is 251 g/mol. The van der Waals surface area contributed by atoms with Crippen molar-refractivity contribution in [3.05, 3.63) is 64.2 Å². The third-order valence-electron chi connectivity index (χ3n) is 2.89. The molecule has 18 heavy (non-hydrogen) atoms. The molecule has 1 unspecified atom stereocenters. The van der Waals surface area contributed by atoms with E-state index in [1.807, 2.05) is 14.0 Å². The average molecular weight is 265 g/mol. The van der Waals surface area contributed by atoms with Crippen molar-refractivity contribution in [2.45, 2.75) is 13.0 Å². The van der Waals surface area contributed by atoms with E-state index in [0.717, 1.165) is 16.8 Å². The number of benzene rings is 1. The van der Waals surface area contributed by atoms with Gasteiger partial charge in [0.2, 0.25) is 0 Å². The fourth-order valence-corrected chi connectivity index (χ4v) is 2.24. The van der Waals surface area contributed by atoms with Gasteiger partial charge in [-0.3, -0.25) is 4.98 Å². The standard InChI is InChI=1S/C14H14ClFN2/c1-9-8-10(16)5-6-11(9)13(17-2)14-12(15)4-3-7-18-14/h3-8,13,17H,1-2H3. The van der Waals surface area contributed by atoms with E-state index >= 15 is 0 Å². The van der Waals surface area contributed by atoms with Gasteiger partial charge in [0.1, 0.15) is 5.82 Å². The van der Waals surface area contributed by atoms with Gasteiger partial charge < -0.3 is 5.32 Å². The monoisotopic (exact) mass is 264 g/mol. The van der Waals surface area contributed by atoms with Gasteiger partial charge in [-0.1, -0.05) is 17.7 Å². The highest BCUT2D eigenvalue weighted by molar-refractivity contribution is 6.31. The summed E-state index contributed by atoms with van der Waals surface area (Å²) < 4.78 is 13.1. The van der Waals surface area contributed by atoms with Crippen molar-refractivity contribution in [1.82, 2.24) is 10.3 Å². The number of hydrogen-bond donors (Lipinski definition) is 1. The maximum absolute atomic E-state index is 13.1. The molecule has 1 aromatic carbocycles. The Hall–Kier alpha value is -1.45. The summed E-state index contributed by atoms with van der Waals surface area (Å²) in [6, 6.07) is 8.17. The van der Waals surface area contributed by atoms with E-state index in [0.29, 0.717) is 5.02 Å². The highest BCUT2D eigenvalue weighted by Crippen LogP contribution is 2.28. The normalized spacial score (nSPS) is 12.4. The molecule has 1 heterocycles. The fourth-order valence-electron chi connectivity index (χ4n) is 2.01. The van der Waals surface area contributed by atoms with E-state index in [-0.39, 0.29) is 11.9 Å². The third kappa shape index (κ3) is 2.52. The summed E-state index contributed by atoms with van der Waals surface area (Å²) in [6.45, 7) is 1.87. The molecule has 0 aliphatic heterocycles. The summed E-state index contributed by atoms with van der Waals surface area (Å²) in [5.41, 5.74) is 2.59. The molecule has 4 heteroatoms. The topological polar surface area (TPSA) is 24.9 Å². The Bertz CT molecular complexity index is 557. The molecule has 0 saturated heterocycles. The fraction of sp³-hybridized carbons (Fsp3) is 0.214. The first kappa shape index (κ1) is 13.0. The van der Waals surface area contributed by atoms with E-state index in [4.69, 9.17) is 11.6 Å². The van der Waals surface area contributed by atoms with Crippen LogP contribution < -0.4 is 5.32 Å². The van der Waals surface area contributed by atoms with Gasteiger partial charge in [-0.05, 0) is 49.4 Å². The summed E-state index contributed by atoms with van der Waals surface area (Å²) in [4.78, 5) is 4.30. The van der Waals surface area contributed by atoms with E-state index in [1.165, 1.54) is 12.1 Å². The molecule has 2 aromatic rings. The number of hydrogen-bond acceptors (Lipinski definition) is 2. The number of aryl methyl sites for hydroxylation is 1. The molecule has 2 rings (SSSR count). The summed E-state index contributed by atoms with van der Waals surface area (Å²) >= 11 is 6.15.